The van der Waals surface area contributed by atoms with Crippen LogP contribution < -0.4 is 5.32 Å². The predicted octanol–water partition coefficient (Wildman–Crippen LogP) is 1.29. The van der Waals surface area contributed by atoms with E-state index < -0.39 is 0 Å². The van der Waals surface area contributed by atoms with Crippen LogP contribution in [0, 0.1) is 5.92 Å². The van der Waals surface area contributed by atoms with Crippen LogP contribution in [0.4, 0.5) is 0 Å². The molecule has 1 amide bonds. The van der Waals surface area contributed by atoms with Gasteiger partial charge in [0, 0.05) is 39.4 Å². The summed E-state index contributed by atoms with van der Waals surface area (Å²) in [5.74, 6) is 0.614. The van der Waals surface area contributed by atoms with Gasteiger partial charge in [-0.3, -0.25) is 14.4 Å². The van der Waals surface area contributed by atoms with E-state index in [1.807, 2.05) is 0 Å². The Balaban J connectivity index is 1.76. The first-order chi connectivity index (χ1) is 10.6. The number of carbonyl (C=O) groups is 1. The Morgan fingerprint density at radius 1 is 1.50 bits per heavy atom. The van der Waals surface area contributed by atoms with Crippen LogP contribution in [0.15, 0.2) is 12.3 Å². The first-order valence-electron chi connectivity index (χ1n) is 8.24. The van der Waals surface area contributed by atoms with Crippen molar-refractivity contribution in [3.05, 3.63) is 18.0 Å². The highest BCUT2D eigenvalue weighted by Gasteiger charge is 2.22. The van der Waals surface area contributed by atoms with E-state index in [0.717, 1.165) is 32.2 Å². The molecule has 22 heavy (non-hydrogen) atoms. The largest absolute Gasteiger partial charge is 0.374 e. The Labute approximate surface area is 132 Å². The van der Waals surface area contributed by atoms with Crippen LogP contribution in [-0.2, 0) is 11.8 Å². The number of nitrogens with zero attached hydrogens (tertiary/aromatic N) is 3. The van der Waals surface area contributed by atoms with Crippen LogP contribution in [0.5, 0.6) is 0 Å². The van der Waals surface area contributed by atoms with Gasteiger partial charge in [0.2, 0.25) is 0 Å². The zero-order valence-corrected chi connectivity index (χ0v) is 13.9. The zero-order chi connectivity index (χ0) is 15.9. The lowest BCUT2D eigenvalue weighted by molar-refractivity contribution is -0.0312. The number of ether oxygens (including phenoxy) is 1. The molecule has 0 aliphatic carbocycles. The fraction of sp³-hybridized carbons (Fsp3) is 0.750. The first-order valence-corrected chi connectivity index (χ1v) is 8.24. The third kappa shape index (κ3) is 4.81. The molecule has 0 saturated carbocycles. The Bertz CT molecular complexity index is 470. The standard InChI is InChI=1S/C16H28N4O2/c1-4-13(5-2)11-20-8-9-22-14(12-20)10-17-16(21)15-6-7-19(3)18-15/h6-7,13-14H,4-5,8-12H2,1-3H3,(H,17,21). The van der Waals surface area contributed by atoms with Crippen molar-refractivity contribution in [2.45, 2.75) is 32.8 Å². The average Bonchev–Trinajstić information content (AvgIpc) is 2.97. The summed E-state index contributed by atoms with van der Waals surface area (Å²) in [6, 6.07) is 1.72. The Kier molecular flexibility index (Phi) is 6.39. The molecule has 0 spiro atoms. The van der Waals surface area contributed by atoms with Crippen LogP contribution >= 0.6 is 0 Å². The van der Waals surface area contributed by atoms with Gasteiger partial charge in [0.15, 0.2) is 0 Å². The molecule has 1 fully saturated rings. The maximum atomic E-state index is 12.0. The molecule has 1 aromatic rings. The lowest BCUT2D eigenvalue weighted by Crippen LogP contribution is -2.48. The summed E-state index contributed by atoms with van der Waals surface area (Å²) in [6.45, 7) is 8.78. The highest BCUT2D eigenvalue weighted by Crippen LogP contribution is 2.13. The van der Waals surface area contributed by atoms with Crippen LogP contribution in [0.2, 0.25) is 0 Å². The molecule has 6 heteroatoms. The monoisotopic (exact) mass is 308 g/mol. The molecule has 1 aliphatic rings. The van der Waals surface area contributed by atoms with Gasteiger partial charge in [-0.05, 0) is 12.0 Å². The van der Waals surface area contributed by atoms with Gasteiger partial charge < -0.3 is 10.1 Å². The van der Waals surface area contributed by atoms with E-state index in [1.54, 1.807) is 24.0 Å². The van der Waals surface area contributed by atoms with Gasteiger partial charge in [-0.2, -0.15) is 5.10 Å². The average molecular weight is 308 g/mol. The molecule has 6 nitrogen and oxygen atoms in total. The molecule has 0 bridgehead atoms. The molecule has 1 N–H and O–H groups in total. The summed E-state index contributed by atoms with van der Waals surface area (Å²) in [5, 5.41) is 7.02. The zero-order valence-electron chi connectivity index (χ0n) is 13.9. The van der Waals surface area contributed by atoms with E-state index in [9.17, 15) is 4.79 Å². The second kappa shape index (κ2) is 8.29. The van der Waals surface area contributed by atoms with Crippen LogP contribution in [0.1, 0.15) is 37.2 Å². The van der Waals surface area contributed by atoms with Crippen LogP contribution in [-0.4, -0.2) is 59.5 Å². The van der Waals surface area contributed by atoms with Crippen molar-refractivity contribution < 1.29 is 9.53 Å². The fourth-order valence-corrected chi connectivity index (χ4v) is 2.82. The number of aromatic nitrogens is 2. The van der Waals surface area contributed by atoms with E-state index in [1.165, 1.54) is 12.8 Å². The van der Waals surface area contributed by atoms with Gasteiger partial charge in [0.1, 0.15) is 5.69 Å². The summed E-state index contributed by atoms with van der Waals surface area (Å²) in [5.41, 5.74) is 0.451. The van der Waals surface area contributed by atoms with E-state index in [4.69, 9.17) is 4.74 Å². The second-order valence-corrected chi connectivity index (χ2v) is 6.02. The minimum absolute atomic E-state index is 0.0655. The third-order valence-corrected chi connectivity index (χ3v) is 4.33. The molecule has 124 valence electrons. The number of nitrogens with one attached hydrogen (secondary N) is 1. The molecule has 1 saturated heterocycles. The maximum Gasteiger partial charge on any atom is 0.271 e. The molecule has 2 rings (SSSR count). The SMILES string of the molecule is CCC(CC)CN1CCOC(CNC(=O)c2ccn(C)n2)C1. The van der Waals surface area contributed by atoms with E-state index >= 15 is 0 Å². The summed E-state index contributed by atoms with van der Waals surface area (Å²) in [4.78, 5) is 14.5. The summed E-state index contributed by atoms with van der Waals surface area (Å²) in [6.07, 6.45) is 4.27. The van der Waals surface area contributed by atoms with Gasteiger partial charge in [-0.1, -0.05) is 26.7 Å². The van der Waals surface area contributed by atoms with Gasteiger partial charge >= 0.3 is 0 Å². The smallest absolute Gasteiger partial charge is 0.271 e. The summed E-state index contributed by atoms with van der Waals surface area (Å²) in [7, 11) is 1.80. The van der Waals surface area contributed by atoms with Crippen molar-refractivity contribution in [1.29, 1.82) is 0 Å². The first kappa shape index (κ1) is 17.0. The van der Waals surface area contributed by atoms with Crippen molar-refractivity contribution in [3.8, 4) is 0 Å². The summed E-state index contributed by atoms with van der Waals surface area (Å²) >= 11 is 0. The molecular formula is C16H28N4O2. The lowest BCUT2D eigenvalue weighted by Gasteiger charge is -2.34. The number of hydrogen-bond donors (Lipinski definition) is 1. The molecule has 0 radical (unpaired) electrons. The van der Waals surface area contributed by atoms with E-state index in [-0.39, 0.29) is 12.0 Å². The number of aryl methyl sites for hydroxylation is 1. The highest BCUT2D eigenvalue weighted by atomic mass is 16.5. The van der Waals surface area contributed by atoms with Gasteiger partial charge in [-0.15, -0.1) is 0 Å². The quantitative estimate of drug-likeness (QED) is 0.824. The topological polar surface area (TPSA) is 59.4 Å². The minimum atomic E-state index is -0.138. The van der Waals surface area contributed by atoms with Crippen molar-refractivity contribution in [2.75, 3.05) is 32.8 Å². The third-order valence-electron chi connectivity index (χ3n) is 4.33. The predicted molar refractivity (Wildman–Crippen MR) is 85.8 cm³/mol. The van der Waals surface area contributed by atoms with E-state index in [0.29, 0.717) is 12.2 Å². The number of hydrogen-bond acceptors (Lipinski definition) is 4. The molecule has 0 aromatic carbocycles. The molecular weight excluding hydrogens is 280 g/mol. The normalized spacial score (nSPS) is 19.5. The van der Waals surface area contributed by atoms with Crippen molar-refractivity contribution in [3.63, 3.8) is 0 Å². The van der Waals surface area contributed by atoms with Gasteiger partial charge in [-0.25, -0.2) is 0 Å². The number of amides is 1. The van der Waals surface area contributed by atoms with Gasteiger partial charge in [0.05, 0.1) is 12.7 Å². The minimum Gasteiger partial charge on any atom is -0.374 e. The lowest BCUT2D eigenvalue weighted by atomic mass is 10.0. The second-order valence-electron chi connectivity index (χ2n) is 6.02. The van der Waals surface area contributed by atoms with E-state index in [2.05, 4.69) is 29.2 Å². The van der Waals surface area contributed by atoms with Gasteiger partial charge in [0.25, 0.3) is 5.91 Å². The molecule has 1 atom stereocenters. The summed E-state index contributed by atoms with van der Waals surface area (Å²) < 4.78 is 7.39. The molecule has 1 unspecified atom stereocenters. The maximum absolute atomic E-state index is 12.0. The Morgan fingerprint density at radius 3 is 2.91 bits per heavy atom. The molecule has 2 heterocycles. The van der Waals surface area contributed by atoms with Crippen molar-refractivity contribution in [2.24, 2.45) is 13.0 Å². The number of morpholine rings is 1. The Morgan fingerprint density at radius 2 is 2.27 bits per heavy atom. The molecule has 1 aliphatic heterocycles. The fourth-order valence-electron chi connectivity index (χ4n) is 2.82. The Hall–Kier alpha value is -1.40. The van der Waals surface area contributed by atoms with Crippen LogP contribution in [0.25, 0.3) is 0 Å². The number of carbonyl (C=O) groups excluding carboxylic acids is 1. The van der Waals surface area contributed by atoms with Crippen LogP contribution in [0.3, 0.4) is 0 Å². The van der Waals surface area contributed by atoms with Crippen molar-refractivity contribution in [1.82, 2.24) is 20.0 Å². The highest BCUT2D eigenvalue weighted by molar-refractivity contribution is 5.92. The number of rotatable bonds is 7. The van der Waals surface area contributed by atoms with Crippen molar-refractivity contribution >= 4 is 5.91 Å². The molecule has 1 aromatic heterocycles.